The number of rotatable bonds is 7. The third kappa shape index (κ3) is 4.52. The van der Waals surface area contributed by atoms with Gasteiger partial charge in [-0.1, -0.05) is 27.7 Å². The topological polar surface area (TPSA) is 49.3 Å². The average molecular weight is 227 g/mol. The third-order valence-electron chi connectivity index (χ3n) is 3.21. The highest BCUT2D eigenvalue weighted by atomic mass is 16.4. The number of nitrogens with one attached hydrogen (secondary N) is 1. The Bertz CT molecular complexity index is 248. The SMILES string of the molecule is CC(C)CC(C)(C)CNCC1CC1C(=O)O. The Morgan fingerprint density at radius 2 is 2.12 bits per heavy atom. The molecule has 0 aromatic heterocycles. The highest BCUT2D eigenvalue weighted by Crippen LogP contribution is 2.38. The van der Waals surface area contributed by atoms with E-state index in [2.05, 4.69) is 33.0 Å². The molecule has 94 valence electrons. The summed E-state index contributed by atoms with van der Waals surface area (Å²) < 4.78 is 0. The number of carbonyl (C=O) groups is 1. The maximum Gasteiger partial charge on any atom is 0.306 e. The predicted molar refractivity (Wildman–Crippen MR) is 65.3 cm³/mol. The van der Waals surface area contributed by atoms with Gasteiger partial charge in [0, 0.05) is 6.54 Å². The summed E-state index contributed by atoms with van der Waals surface area (Å²) in [6.45, 7) is 10.8. The van der Waals surface area contributed by atoms with Crippen LogP contribution in [0.2, 0.25) is 0 Å². The van der Waals surface area contributed by atoms with Crippen molar-refractivity contribution in [1.29, 1.82) is 0 Å². The third-order valence-corrected chi connectivity index (χ3v) is 3.21. The lowest BCUT2D eigenvalue weighted by Gasteiger charge is -2.27. The first-order valence-corrected chi connectivity index (χ1v) is 6.25. The molecule has 2 atom stereocenters. The summed E-state index contributed by atoms with van der Waals surface area (Å²) in [6.07, 6.45) is 2.06. The van der Waals surface area contributed by atoms with Crippen LogP contribution in [0.3, 0.4) is 0 Å². The van der Waals surface area contributed by atoms with Gasteiger partial charge in [-0.05, 0) is 36.6 Å². The number of aliphatic carboxylic acids is 1. The molecule has 0 aliphatic heterocycles. The van der Waals surface area contributed by atoms with Crippen molar-refractivity contribution in [1.82, 2.24) is 5.32 Å². The molecule has 0 spiro atoms. The molecule has 2 unspecified atom stereocenters. The Balaban J connectivity index is 2.14. The van der Waals surface area contributed by atoms with E-state index >= 15 is 0 Å². The molecule has 1 saturated carbocycles. The van der Waals surface area contributed by atoms with E-state index in [0.717, 1.165) is 19.5 Å². The largest absolute Gasteiger partial charge is 0.481 e. The smallest absolute Gasteiger partial charge is 0.306 e. The van der Waals surface area contributed by atoms with Crippen molar-refractivity contribution in [2.24, 2.45) is 23.2 Å². The highest BCUT2D eigenvalue weighted by Gasteiger charge is 2.42. The Labute approximate surface area is 98.6 Å². The fourth-order valence-electron chi connectivity index (χ4n) is 2.55. The molecule has 1 aliphatic rings. The summed E-state index contributed by atoms with van der Waals surface area (Å²) in [5, 5.41) is 12.2. The lowest BCUT2D eigenvalue weighted by Crippen LogP contribution is -2.32. The van der Waals surface area contributed by atoms with Crippen LogP contribution in [0.25, 0.3) is 0 Å². The number of hydrogen-bond acceptors (Lipinski definition) is 2. The van der Waals surface area contributed by atoms with Crippen LogP contribution in [0.4, 0.5) is 0 Å². The van der Waals surface area contributed by atoms with Crippen molar-refractivity contribution in [2.75, 3.05) is 13.1 Å². The maximum atomic E-state index is 10.6. The molecule has 16 heavy (non-hydrogen) atoms. The normalized spacial score (nSPS) is 24.8. The number of carboxylic acids is 1. The van der Waals surface area contributed by atoms with Gasteiger partial charge in [0.2, 0.25) is 0 Å². The van der Waals surface area contributed by atoms with E-state index in [9.17, 15) is 4.79 Å². The second-order valence-electron chi connectivity index (χ2n) is 6.33. The number of carboxylic acid groups (broad SMARTS) is 1. The van der Waals surface area contributed by atoms with Gasteiger partial charge in [-0.25, -0.2) is 0 Å². The van der Waals surface area contributed by atoms with Gasteiger partial charge in [0.1, 0.15) is 0 Å². The van der Waals surface area contributed by atoms with E-state index in [4.69, 9.17) is 5.11 Å². The van der Waals surface area contributed by atoms with Crippen molar-refractivity contribution < 1.29 is 9.90 Å². The molecule has 0 bridgehead atoms. The van der Waals surface area contributed by atoms with E-state index in [1.807, 2.05) is 0 Å². The summed E-state index contributed by atoms with van der Waals surface area (Å²) in [6, 6.07) is 0. The molecule has 0 amide bonds. The first kappa shape index (κ1) is 13.5. The standard InChI is InChI=1S/C13H25NO2/c1-9(2)6-13(3,4)8-14-7-10-5-11(10)12(15)16/h9-11,14H,5-8H2,1-4H3,(H,15,16). The molecule has 3 heteroatoms. The number of hydrogen-bond donors (Lipinski definition) is 2. The second kappa shape index (κ2) is 5.17. The van der Waals surface area contributed by atoms with Gasteiger partial charge in [-0.15, -0.1) is 0 Å². The zero-order valence-electron chi connectivity index (χ0n) is 10.9. The Morgan fingerprint density at radius 3 is 2.56 bits per heavy atom. The van der Waals surface area contributed by atoms with Gasteiger partial charge in [-0.2, -0.15) is 0 Å². The molecule has 1 fully saturated rings. The van der Waals surface area contributed by atoms with Crippen molar-refractivity contribution >= 4 is 5.97 Å². The van der Waals surface area contributed by atoms with Crippen molar-refractivity contribution in [2.45, 2.75) is 40.5 Å². The first-order valence-electron chi connectivity index (χ1n) is 6.25. The molecule has 0 saturated heterocycles. The van der Waals surface area contributed by atoms with Crippen molar-refractivity contribution in [3.05, 3.63) is 0 Å². The van der Waals surface area contributed by atoms with E-state index < -0.39 is 5.97 Å². The van der Waals surface area contributed by atoms with Crippen LogP contribution in [0.5, 0.6) is 0 Å². The summed E-state index contributed by atoms with van der Waals surface area (Å²) in [4.78, 5) is 10.6. The van der Waals surface area contributed by atoms with Crippen LogP contribution in [0.1, 0.15) is 40.5 Å². The molecular weight excluding hydrogens is 202 g/mol. The van der Waals surface area contributed by atoms with Crippen LogP contribution in [0.15, 0.2) is 0 Å². The Morgan fingerprint density at radius 1 is 1.50 bits per heavy atom. The van der Waals surface area contributed by atoms with Crippen LogP contribution in [0, 0.1) is 23.2 Å². The second-order valence-corrected chi connectivity index (χ2v) is 6.33. The van der Waals surface area contributed by atoms with Gasteiger partial charge >= 0.3 is 5.97 Å². The molecular formula is C13H25NO2. The highest BCUT2D eigenvalue weighted by molar-refractivity contribution is 5.73. The Kier molecular flexibility index (Phi) is 4.36. The van der Waals surface area contributed by atoms with E-state index in [1.54, 1.807) is 0 Å². The van der Waals surface area contributed by atoms with Crippen LogP contribution in [-0.2, 0) is 4.79 Å². The molecule has 3 nitrogen and oxygen atoms in total. The van der Waals surface area contributed by atoms with E-state index in [0.29, 0.717) is 17.3 Å². The maximum absolute atomic E-state index is 10.6. The predicted octanol–water partition coefficient (Wildman–Crippen LogP) is 2.37. The minimum Gasteiger partial charge on any atom is -0.481 e. The van der Waals surface area contributed by atoms with Crippen molar-refractivity contribution in [3.8, 4) is 0 Å². The zero-order chi connectivity index (χ0) is 12.3. The van der Waals surface area contributed by atoms with Crippen LogP contribution >= 0.6 is 0 Å². The van der Waals surface area contributed by atoms with Crippen molar-refractivity contribution in [3.63, 3.8) is 0 Å². The lowest BCUT2D eigenvalue weighted by atomic mass is 9.84. The first-order chi connectivity index (χ1) is 7.32. The molecule has 0 radical (unpaired) electrons. The van der Waals surface area contributed by atoms with Gasteiger partial charge in [0.25, 0.3) is 0 Å². The van der Waals surface area contributed by atoms with E-state index in [-0.39, 0.29) is 5.92 Å². The van der Waals surface area contributed by atoms with E-state index in [1.165, 1.54) is 6.42 Å². The molecule has 2 N–H and O–H groups in total. The Hall–Kier alpha value is -0.570. The average Bonchev–Trinajstić information content (AvgIpc) is 2.80. The molecule has 0 aromatic carbocycles. The fourth-order valence-corrected chi connectivity index (χ4v) is 2.55. The molecule has 0 heterocycles. The fraction of sp³-hybridized carbons (Fsp3) is 0.923. The summed E-state index contributed by atoms with van der Waals surface area (Å²) in [5.41, 5.74) is 0.307. The quantitative estimate of drug-likeness (QED) is 0.702. The van der Waals surface area contributed by atoms with Gasteiger partial charge in [-0.3, -0.25) is 4.79 Å². The minimum atomic E-state index is -0.631. The van der Waals surface area contributed by atoms with Crippen LogP contribution in [-0.4, -0.2) is 24.2 Å². The summed E-state index contributed by atoms with van der Waals surface area (Å²) in [5.74, 6) is 0.366. The minimum absolute atomic E-state index is 0.0827. The zero-order valence-corrected chi connectivity index (χ0v) is 10.9. The molecule has 1 aliphatic carbocycles. The summed E-state index contributed by atoms with van der Waals surface area (Å²) in [7, 11) is 0. The van der Waals surface area contributed by atoms with Gasteiger partial charge in [0.05, 0.1) is 5.92 Å². The van der Waals surface area contributed by atoms with Gasteiger partial charge in [0.15, 0.2) is 0 Å². The van der Waals surface area contributed by atoms with Gasteiger partial charge < -0.3 is 10.4 Å². The summed E-state index contributed by atoms with van der Waals surface area (Å²) >= 11 is 0. The monoisotopic (exact) mass is 227 g/mol. The molecule has 1 rings (SSSR count). The lowest BCUT2D eigenvalue weighted by molar-refractivity contribution is -0.138. The molecule has 0 aromatic rings. The van der Waals surface area contributed by atoms with Crippen LogP contribution < -0.4 is 5.32 Å².